The van der Waals surface area contributed by atoms with E-state index in [-0.39, 0.29) is 76.2 Å². The summed E-state index contributed by atoms with van der Waals surface area (Å²) in [5.74, 6) is 2.39. The van der Waals surface area contributed by atoms with Crippen LogP contribution in [-0.2, 0) is 17.1 Å². The summed E-state index contributed by atoms with van der Waals surface area (Å²) in [6.07, 6.45) is 0. The second-order valence-corrected chi connectivity index (χ2v) is 9.79. The van der Waals surface area contributed by atoms with E-state index in [1.54, 1.807) is 0 Å². The van der Waals surface area contributed by atoms with Crippen molar-refractivity contribution in [2.45, 2.75) is 0 Å². The summed E-state index contributed by atoms with van der Waals surface area (Å²) < 4.78 is 0. The number of aromatic amines is 2. The molecule has 0 saturated carbocycles. The first-order valence-electron chi connectivity index (χ1n) is 13.0. The normalized spacial score (nSPS) is 11.2. The third kappa shape index (κ3) is 4.77. The van der Waals surface area contributed by atoms with E-state index in [1.165, 1.54) is 0 Å². The topological polar surface area (TPSA) is 109 Å². The zero-order valence-electron chi connectivity index (χ0n) is 21.2. The Balaban J connectivity index is 0.00000110. The Morgan fingerprint density at radius 2 is 0.558 bits per heavy atom. The molecule has 43 heavy (non-hydrogen) atoms. The van der Waals surface area contributed by atoms with Crippen LogP contribution >= 0.6 is 0 Å². The minimum atomic E-state index is 0. The van der Waals surface area contributed by atoms with Crippen molar-refractivity contribution in [1.29, 1.82) is 0 Å². The average molecular weight is 626 g/mol. The zero-order valence-corrected chi connectivity index (χ0v) is 22.2. The van der Waals surface area contributed by atoms with Crippen LogP contribution in [0.3, 0.4) is 0 Å². The van der Waals surface area contributed by atoms with E-state index in [1.807, 2.05) is 97.1 Å². The molecule has 2 aliphatic heterocycles. The first kappa shape index (κ1) is 29.8. The largest absolute Gasteiger partial charge is 0.324 e. The van der Waals surface area contributed by atoms with Crippen molar-refractivity contribution >= 4 is 103 Å². The molecule has 8 bridgehead atoms. The van der Waals surface area contributed by atoms with Crippen molar-refractivity contribution in [2.75, 3.05) is 0 Å². The van der Waals surface area contributed by atoms with Gasteiger partial charge in [0.15, 0.2) is 23.3 Å². The molecule has 0 spiro atoms. The zero-order chi connectivity index (χ0) is 26.2. The van der Waals surface area contributed by atoms with Crippen LogP contribution in [-0.4, -0.2) is 99.0 Å². The molecule has 2 aliphatic rings. The number of fused-ring (bicyclic) bond motifs is 20. The number of aromatic nitrogens is 8. The van der Waals surface area contributed by atoms with Crippen LogP contribution < -0.4 is 0 Å². The summed E-state index contributed by atoms with van der Waals surface area (Å²) in [5, 5.41) is 3.82. The molecule has 0 aliphatic carbocycles. The molecule has 9 rings (SSSR count). The van der Waals surface area contributed by atoms with E-state index in [0.717, 1.165) is 43.8 Å². The van der Waals surface area contributed by atoms with Crippen molar-refractivity contribution < 1.29 is 17.1 Å². The van der Waals surface area contributed by atoms with Gasteiger partial charge < -0.3 is 9.97 Å². The molecule has 0 unspecified atom stereocenters. The van der Waals surface area contributed by atoms with Gasteiger partial charge in [0.05, 0.1) is 0 Å². The molecular weight excluding hydrogens is 606 g/mol. The van der Waals surface area contributed by atoms with Gasteiger partial charge in [0, 0.05) is 60.9 Å². The van der Waals surface area contributed by atoms with Gasteiger partial charge in [-0.25, -0.2) is 29.9 Å². The van der Waals surface area contributed by atoms with E-state index in [9.17, 15) is 0 Å². The number of nitrogens with zero attached hydrogens (tertiary/aromatic N) is 6. The second kappa shape index (κ2) is 11.7. The quantitative estimate of drug-likeness (QED) is 0.213. The molecule has 0 fully saturated rings. The van der Waals surface area contributed by atoms with Gasteiger partial charge in [-0.05, 0) is 0 Å². The number of hydrogen-bond acceptors (Lipinski definition) is 6. The summed E-state index contributed by atoms with van der Waals surface area (Å²) >= 11 is 0. The van der Waals surface area contributed by atoms with E-state index < -0.39 is 0 Å². The van der Waals surface area contributed by atoms with Gasteiger partial charge in [0.1, 0.15) is 22.6 Å². The Bertz CT molecular complexity index is 2050. The van der Waals surface area contributed by atoms with E-state index in [4.69, 9.17) is 29.9 Å². The number of nitrogens with one attached hydrogen (secondary N) is 2. The Labute approximate surface area is 300 Å². The summed E-state index contributed by atoms with van der Waals surface area (Å²) in [4.78, 5) is 36.8. The van der Waals surface area contributed by atoms with Gasteiger partial charge in [-0.15, -0.1) is 0 Å². The molecule has 8 nitrogen and oxygen atoms in total. The minimum Gasteiger partial charge on any atom is -0.324 e. The van der Waals surface area contributed by atoms with Crippen LogP contribution in [0.15, 0.2) is 97.1 Å². The molecule has 11 heteroatoms. The smallest absolute Gasteiger partial charge is 0.164 e. The van der Waals surface area contributed by atoms with Crippen molar-refractivity contribution in [1.82, 2.24) is 39.9 Å². The molecule has 2 N–H and O–H groups in total. The third-order valence-corrected chi connectivity index (χ3v) is 7.46. The minimum absolute atomic E-state index is 0. The fourth-order valence-electron chi connectivity index (χ4n) is 5.59. The van der Waals surface area contributed by atoms with Crippen LogP contribution in [0.25, 0.3) is 89.7 Å². The summed E-state index contributed by atoms with van der Waals surface area (Å²) in [6.45, 7) is 0. The number of H-pyrrole nitrogens is 2. The molecule has 4 aromatic carbocycles. The van der Waals surface area contributed by atoms with Gasteiger partial charge in [-0.1, -0.05) is 97.1 Å². The Morgan fingerprint density at radius 1 is 0.326 bits per heavy atom. The SMILES string of the molecule is [Cu].[NaH].[NaH].c1ccc2c(c1)-c1nc-2nc2[nH]c(nc3nc(nc4[nH]c(n1)c1ccccc41)-c1ccccc1-3)c1ccccc21. The fourth-order valence-corrected chi connectivity index (χ4v) is 5.59. The molecule has 3 aromatic heterocycles. The Kier molecular flexibility index (Phi) is 8.10. The number of hydrogen-bond donors (Lipinski definition) is 2. The molecule has 0 atom stereocenters. The predicted molar refractivity (Wildman–Crippen MR) is 170 cm³/mol. The molecule has 7 aromatic rings. The van der Waals surface area contributed by atoms with Crippen LogP contribution in [0, 0.1) is 0 Å². The molecule has 0 amide bonds. The molecule has 201 valence electrons. The first-order valence-corrected chi connectivity index (χ1v) is 13.0. The van der Waals surface area contributed by atoms with Crippen LogP contribution in [0.5, 0.6) is 0 Å². The summed E-state index contributed by atoms with van der Waals surface area (Å²) in [6, 6.07) is 32.2. The maximum absolute atomic E-state index is 5.02. The van der Waals surface area contributed by atoms with E-state index in [0.29, 0.717) is 45.9 Å². The summed E-state index contributed by atoms with van der Waals surface area (Å²) in [5.41, 5.74) is 6.45. The number of rotatable bonds is 0. The fraction of sp³-hybridized carbons (Fsp3) is 0. The summed E-state index contributed by atoms with van der Waals surface area (Å²) in [7, 11) is 0. The maximum atomic E-state index is 5.02. The van der Waals surface area contributed by atoms with Gasteiger partial charge in [0.25, 0.3) is 0 Å². The van der Waals surface area contributed by atoms with Gasteiger partial charge in [-0.2, -0.15) is 0 Å². The Morgan fingerprint density at radius 3 is 0.814 bits per heavy atom. The monoisotopic (exact) mass is 625 g/mol. The standard InChI is InChI=1S/C32H18N8.Cu.2Na.2H/c1-2-10-18-17(9-1)25-33-26(18)38-28-21-13-5-6-14-22(21)30(35-28)40-32-24-16-8-7-15-23(24)31(36-32)39-29-20-12-4-3-11-19(20)27(34-29)37-25;;;;;/h1-16H,(H2,33,34,35,36,37,38,39,40);;;;;. The van der Waals surface area contributed by atoms with E-state index in [2.05, 4.69) is 9.97 Å². The van der Waals surface area contributed by atoms with Crippen molar-refractivity contribution in [3.63, 3.8) is 0 Å². The molecule has 0 saturated heterocycles. The molecule has 1 radical (unpaired) electrons. The van der Waals surface area contributed by atoms with Crippen molar-refractivity contribution in [2.24, 2.45) is 0 Å². The van der Waals surface area contributed by atoms with Crippen LogP contribution in [0.2, 0.25) is 0 Å². The maximum Gasteiger partial charge on any atom is 0.164 e. The Hall–Kier alpha value is -3.24. The van der Waals surface area contributed by atoms with Crippen molar-refractivity contribution in [3.05, 3.63) is 97.1 Å². The van der Waals surface area contributed by atoms with Gasteiger partial charge in [0.2, 0.25) is 0 Å². The van der Waals surface area contributed by atoms with Gasteiger partial charge >= 0.3 is 59.1 Å². The molecule has 5 heterocycles. The first-order chi connectivity index (χ1) is 19.8. The van der Waals surface area contributed by atoms with Crippen LogP contribution in [0.1, 0.15) is 0 Å². The van der Waals surface area contributed by atoms with Gasteiger partial charge in [-0.3, -0.25) is 0 Å². The predicted octanol–water partition coefficient (Wildman–Crippen LogP) is 5.57. The molecular formula is C32H20CuN8Na2. The van der Waals surface area contributed by atoms with E-state index >= 15 is 0 Å². The average Bonchev–Trinajstić information content (AvgIpc) is 3.73. The third-order valence-electron chi connectivity index (χ3n) is 7.46. The second-order valence-electron chi connectivity index (χ2n) is 9.79. The number of benzene rings is 4. The van der Waals surface area contributed by atoms with Crippen molar-refractivity contribution in [3.8, 4) is 45.6 Å². The van der Waals surface area contributed by atoms with Crippen LogP contribution in [0.4, 0.5) is 0 Å².